The molecule has 1 aliphatic heterocycles. The molecule has 0 spiro atoms. The molecule has 0 bridgehead atoms. The van der Waals surface area contributed by atoms with Crippen LogP contribution in [0.4, 0.5) is 30.6 Å². The molecule has 37 heavy (non-hydrogen) atoms. The Morgan fingerprint density at radius 1 is 1.30 bits per heavy atom. The van der Waals surface area contributed by atoms with Gasteiger partial charge in [0.15, 0.2) is 11.5 Å². The summed E-state index contributed by atoms with van der Waals surface area (Å²) in [7, 11) is -3.66. The average Bonchev–Trinajstić information content (AvgIpc) is 2.86. The third-order valence-electron chi connectivity index (χ3n) is 4.97. The van der Waals surface area contributed by atoms with E-state index in [1.54, 1.807) is 6.92 Å². The van der Waals surface area contributed by atoms with Crippen molar-refractivity contribution in [2.45, 2.75) is 25.3 Å². The van der Waals surface area contributed by atoms with E-state index in [2.05, 4.69) is 32.1 Å². The number of nitrogen functional groups attached to an aromatic ring is 1. The standard InChI is InChI=1S/C16H17F3N4O5S.C6H9NO/c1-8-7-21-15(23-14(8)20)22-10-5-11(9(2)26-3)13(12(6-10)27-4)28-29(24,25)16(17,18)19;7-5-6-1-3-8-4-2-6/h5-7H,2H2,1,3-4H3,(H3,20,21,22,23);6H,1-4H2. The summed E-state index contributed by atoms with van der Waals surface area (Å²) in [6.45, 7) is 6.79. The van der Waals surface area contributed by atoms with Crippen LogP contribution in [0.3, 0.4) is 0 Å². The van der Waals surface area contributed by atoms with Crippen LogP contribution in [0, 0.1) is 24.2 Å². The van der Waals surface area contributed by atoms with Crippen molar-refractivity contribution >= 4 is 33.3 Å². The smallest absolute Gasteiger partial charge is 0.497 e. The summed E-state index contributed by atoms with van der Waals surface area (Å²) in [5.74, 6) is -0.692. The van der Waals surface area contributed by atoms with E-state index >= 15 is 0 Å². The molecule has 0 amide bonds. The summed E-state index contributed by atoms with van der Waals surface area (Å²) >= 11 is 0. The number of nitriles is 1. The van der Waals surface area contributed by atoms with Crippen LogP contribution < -0.4 is 20.0 Å². The number of nitrogens with one attached hydrogen (secondary N) is 1. The first-order chi connectivity index (χ1) is 17.3. The van der Waals surface area contributed by atoms with E-state index in [-0.39, 0.29) is 40.4 Å². The first-order valence-electron chi connectivity index (χ1n) is 10.6. The van der Waals surface area contributed by atoms with Crippen LogP contribution >= 0.6 is 0 Å². The molecule has 1 aliphatic rings. The van der Waals surface area contributed by atoms with Crippen molar-refractivity contribution in [1.82, 2.24) is 9.97 Å². The van der Waals surface area contributed by atoms with E-state index in [0.717, 1.165) is 33.2 Å². The molecule has 0 saturated carbocycles. The second-order valence-corrected chi connectivity index (χ2v) is 9.11. The number of anilines is 3. The van der Waals surface area contributed by atoms with Crippen molar-refractivity contribution in [1.29, 1.82) is 5.26 Å². The molecular weight excluding hydrogens is 519 g/mol. The maximum Gasteiger partial charge on any atom is 0.534 e. The molecule has 2 aromatic rings. The lowest BCUT2D eigenvalue weighted by molar-refractivity contribution is -0.0500. The molecule has 0 atom stereocenters. The summed E-state index contributed by atoms with van der Waals surface area (Å²) in [4.78, 5) is 8.04. The van der Waals surface area contributed by atoms with Crippen molar-refractivity contribution in [3.63, 3.8) is 0 Å². The number of aryl methyl sites for hydroxylation is 1. The van der Waals surface area contributed by atoms with E-state index in [9.17, 15) is 21.6 Å². The molecule has 11 nitrogen and oxygen atoms in total. The van der Waals surface area contributed by atoms with Crippen LogP contribution in [0.1, 0.15) is 24.0 Å². The van der Waals surface area contributed by atoms with Crippen LogP contribution in [-0.4, -0.2) is 51.3 Å². The van der Waals surface area contributed by atoms with Gasteiger partial charge in [0.2, 0.25) is 5.95 Å². The van der Waals surface area contributed by atoms with Gasteiger partial charge in [-0.05, 0) is 25.8 Å². The number of alkyl halides is 3. The molecule has 1 aromatic heterocycles. The van der Waals surface area contributed by atoms with Crippen molar-refractivity contribution in [2.75, 3.05) is 38.5 Å². The third kappa shape index (κ3) is 7.86. The highest BCUT2D eigenvalue weighted by Gasteiger charge is 2.49. The van der Waals surface area contributed by atoms with E-state index in [1.807, 2.05) is 0 Å². The molecular formula is C22H26F3N5O6S. The van der Waals surface area contributed by atoms with Crippen LogP contribution in [0.15, 0.2) is 24.9 Å². The molecule has 3 N–H and O–H groups in total. The summed E-state index contributed by atoms with van der Waals surface area (Å²) in [5.41, 5.74) is 0.729. The average molecular weight is 546 g/mol. The van der Waals surface area contributed by atoms with Crippen LogP contribution in [0.2, 0.25) is 0 Å². The number of nitrogens with zero attached hydrogens (tertiary/aromatic N) is 3. The Labute approximate surface area is 212 Å². The lowest BCUT2D eigenvalue weighted by Crippen LogP contribution is -2.28. The molecule has 0 aliphatic carbocycles. The highest BCUT2D eigenvalue weighted by molar-refractivity contribution is 7.88. The minimum Gasteiger partial charge on any atom is -0.497 e. The fraction of sp³-hybridized carbons (Fsp3) is 0.409. The van der Waals surface area contributed by atoms with E-state index in [1.165, 1.54) is 25.4 Å². The number of halogens is 3. The van der Waals surface area contributed by atoms with Gasteiger partial charge >= 0.3 is 15.6 Å². The lowest BCUT2D eigenvalue weighted by atomic mass is 10.0. The minimum atomic E-state index is -5.97. The number of hydrogen-bond acceptors (Lipinski definition) is 11. The largest absolute Gasteiger partial charge is 0.534 e. The maximum atomic E-state index is 12.8. The zero-order valence-corrected chi connectivity index (χ0v) is 21.1. The quantitative estimate of drug-likeness (QED) is 0.295. The van der Waals surface area contributed by atoms with Gasteiger partial charge in [-0.2, -0.15) is 31.8 Å². The van der Waals surface area contributed by atoms with E-state index < -0.39 is 21.4 Å². The molecule has 202 valence electrons. The summed E-state index contributed by atoms with van der Waals surface area (Å²) < 4.78 is 80.5. The summed E-state index contributed by atoms with van der Waals surface area (Å²) in [5, 5.41) is 11.2. The Hall–Kier alpha value is -3.77. The Bertz CT molecular complexity index is 1260. The number of benzene rings is 1. The van der Waals surface area contributed by atoms with Gasteiger partial charge in [-0.3, -0.25) is 0 Å². The predicted molar refractivity (Wildman–Crippen MR) is 128 cm³/mol. The van der Waals surface area contributed by atoms with Crippen molar-refractivity contribution in [3.8, 4) is 17.6 Å². The van der Waals surface area contributed by atoms with Gasteiger partial charge in [-0.15, -0.1) is 0 Å². The number of hydrogen-bond donors (Lipinski definition) is 2. The topological polar surface area (TPSA) is 159 Å². The molecule has 0 radical (unpaired) electrons. The summed E-state index contributed by atoms with van der Waals surface area (Å²) in [6.07, 6.45) is 3.32. The van der Waals surface area contributed by atoms with E-state index in [4.69, 9.17) is 25.2 Å². The minimum absolute atomic E-state index is 0.0840. The lowest BCUT2D eigenvalue weighted by Gasteiger charge is -2.18. The molecule has 1 aromatic carbocycles. The van der Waals surface area contributed by atoms with Gasteiger partial charge in [0.05, 0.1) is 31.8 Å². The first kappa shape index (κ1) is 29.5. The maximum absolute atomic E-state index is 12.8. The SMILES string of the molecule is C=C(OC)c1cc(Nc2ncc(C)c(N)n2)cc(OC)c1OS(=O)(=O)C(F)(F)F.N#CC1CCOCC1. The van der Waals surface area contributed by atoms with Crippen molar-refractivity contribution in [2.24, 2.45) is 5.92 Å². The predicted octanol–water partition coefficient (Wildman–Crippen LogP) is 3.90. The normalized spacial score (nSPS) is 14.0. The van der Waals surface area contributed by atoms with E-state index in [0.29, 0.717) is 5.56 Å². The molecule has 0 unspecified atom stereocenters. The fourth-order valence-electron chi connectivity index (χ4n) is 2.86. The Morgan fingerprint density at radius 3 is 2.43 bits per heavy atom. The second kappa shape index (κ2) is 12.5. The molecule has 3 rings (SSSR count). The number of rotatable bonds is 7. The van der Waals surface area contributed by atoms with Gasteiger partial charge in [0.25, 0.3) is 0 Å². The zero-order valence-electron chi connectivity index (χ0n) is 20.3. The van der Waals surface area contributed by atoms with Gasteiger partial charge in [0, 0.05) is 36.7 Å². The second-order valence-electron chi connectivity index (χ2n) is 7.57. The molecule has 1 fully saturated rings. The Kier molecular flexibility index (Phi) is 9.92. The number of ether oxygens (including phenoxy) is 3. The molecule has 15 heteroatoms. The van der Waals surface area contributed by atoms with Crippen LogP contribution in [-0.2, 0) is 19.6 Å². The third-order valence-corrected chi connectivity index (χ3v) is 5.92. The van der Waals surface area contributed by atoms with Crippen LogP contribution in [0.25, 0.3) is 5.76 Å². The fourth-order valence-corrected chi connectivity index (χ4v) is 3.34. The monoisotopic (exact) mass is 545 g/mol. The molecule has 1 saturated heterocycles. The van der Waals surface area contributed by atoms with Crippen molar-refractivity contribution < 1.29 is 40.0 Å². The number of methoxy groups -OCH3 is 2. The van der Waals surface area contributed by atoms with Crippen LogP contribution in [0.5, 0.6) is 11.5 Å². The van der Waals surface area contributed by atoms with Gasteiger partial charge < -0.3 is 29.4 Å². The summed E-state index contributed by atoms with van der Waals surface area (Å²) in [6, 6.07) is 4.64. The van der Waals surface area contributed by atoms with Gasteiger partial charge in [-0.25, -0.2) is 4.98 Å². The Balaban J connectivity index is 0.000000510. The van der Waals surface area contributed by atoms with Gasteiger partial charge in [-0.1, -0.05) is 6.58 Å². The Morgan fingerprint density at radius 2 is 1.95 bits per heavy atom. The zero-order chi connectivity index (χ0) is 27.8. The van der Waals surface area contributed by atoms with Gasteiger partial charge in [0.1, 0.15) is 11.6 Å². The number of nitrogens with two attached hydrogens (primary N) is 1. The highest BCUT2D eigenvalue weighted by atomic mass is 32.2. The highest BCUT2D eigenvalue weighted by Crippen LogP contribution is 2.41. The first-order valence-corrected chi connectivity index (χ1v) is 12.0. The van der Waals surface area contributed by atoms with Crippen molar-refractivity contribution in [3.05, 3.63) is 36.0 Å². The molecule has 2 heterocycles. The number of aromatic nitrogens is 2.